The molecule has 1 rings (SSSR count). The molecule has 0 amide bonds. The van der Waals surface area contributed by atoms with E-state index < -0.39 is 17.6 Å². The number of para-hydroxylation sites is 1. The highest BCUT2D eigenvalue weighted by Gasteiger charge is 2.22. The molecule has 0 radical (unpaired) electrons. The molecule has 0 aliphatic heterocycles. The maximum Gasteiger partial charge on any atom is 0.326 e. The van der Waals surface area contributed by atoms with Crippen LogP contribution in [0.25, 0.3) is 0 Å². The normalized spacial score (nSPS) is 12.9. The number of ether oxygens (including phenoxy) is 2. The lowest BCUT2D eigenvalue weighted by atomic mass is 10.2. The van der Waals surface area contributed by atoms with Gasteiger partial charge < -0.3 is 15.2 Å². The van der Waals surface area contributed by atoms with Crippen molar-refractivity contribution in [1.29, 1.82) is 0 Å². The van der Waals surface area contributed by atoms with Crippen LogP contribution in [0.4, 0.5) is 0 Å². The second kappa shape index (κ2) is 5.68. The van der Waals surface area contributed by atoms with Crippen molar-refractivity contribution in [3.63, 3.8) is 0 Å². The molecule has 4 heteroatoms. The average molecular weight is 237 g/mol. The first kappa shape index (κ1) is 13.5. The van der Waals surface area contributed by atoms with Gasteiger partial charge in [0.25, 0.3) is 0 Å². The first-order chi connectivity index (χ1) is 7.88. The van der Waals surface area contributed by atoms with Crippen LogP contribution in [0.3, 0.4) is 0 Å². The molecule has 0 spiro atoms. The minimum Gasteiger partial charge on any atom is -0.491 e. The molecule has 0 heterocycles. The maximum absolute atomic E-state index is 11.6. The summed E-state index contributed by atoms with van der Waals surface area (Å²) in [7, 11) is 0. The van der Waals surface area contributed by atoms with Gasteiger partial charge in [-0.2, -0.15) is 0 Å². The van der Waals surface area contributed by atoms with E-state index in [0.717, 1.165) is 0 Å². The fourth-order valence-electron chi connectivity index (χ4n) is 1.15. The Morgan fingerprint density at radius 1 is 1.29 bits per heavy atom. The SMILES string of the molecule is CC(C)(C)OC(=O)C(N)COc1ccccc1. The van der Waals surface area contributed by atoms with Crippen molar-refractivity contribution in [1.82, 2.24) is 0 Å². The molecule has 17 heavy (non-hydrogen) atoms. The van der Waals surface area contributed by atoms with Crippen molar-refractivity contribution < 1.29 is 14.3 Å². The summed E-state index contributed by atoms with van der Waals surface area (Å²) in [5.41, 5.74) is 5.15. The summed E-state index contributed by atoms with van der Waals surface area (Å²) < 4.78 is 10.5. The van der Waals surface area contributed by atoms with Gasteiger partial charge in [0.15, 0.2) is 0 Å². The Morgan fingerprint density at radius 2 is 1.88 bits per heavy atom. The molecule has 0 aliphatic carbocycles. The highest BCUT2D eigenvalue weighted by Crippen LogP contribution is 2.10. The molecule has 1 aromatic carbocycles. The number of hydrogen-bond donors (Lipinski definition) is 1. The lowest BCUT2D eigenvalue weighted by Gasteiger charge is -2.22. The fraction of sp³-hybridized carbons (Fsp3) is 0.462. The maximum atomic E-state index is 11.6. The smallest absolute Gasteiger partial charge is 0.326 e. The van der Waals surface area contributed by atoms with E-state index >= 15 is 0 Å². The molecule has 2 N–H and O–H groups in total. The highest BCUT2D eigenvalue weighted by atomic mass is 16.6. The Labute approximate surface area is 102 Å². The first-order valence-corrected chi connectivity index (χ1v) is 5.55. The largest absolute Gasteiger partial charge is 0.491 e. The molecule has 1 aromatic rings. The van der Waals surface area contributed by atoms with Crippen LogP contribution in [0.5, 0.6) is 5.75 Å². The van der Waals surface area contributed by atoms with Crippen LogP contribution in [0.1, 0.15) is 20.8 Å². The number of hydrogen-bond acceptors (Lipinski definition) is 4. The predicted octanol–water partition coefficient (Wildman–Crippen LogP) is 1.73. The Balaban J connectivity index is 2.40. The van der Waals surface area contributed by atoms with E-state index in [9.17, 15) is 4.79 Å². The molecule has 1 atom stereocenters. The van der Waals surface area contributed by atoms with E-state index in [2.05, 4.69) is 0 Å². The van der Waals surface area contributed by atoms with Gasteiger partial charge in [0, 0.05) is 0 Å². The lowest BCUT2D eigenvalue weighted by molar-refractivity contribution is -0.157. The topological polar surface area (TPSA) is 61.5 Å². The number of nitrogens with two attached hydrogens (primary N) is 1. The summed E-state index contributed by atoms with van der Waals surface area (Å²) in [5, 5.41) is 0. The first-order valence-electron chi connectivity index (χ1n) is 5.55. The van der Waals surface area contributed by atoms with Crippen LogP contribution in [-0.4, -0.2) is 24.2 Å². The summed E-state index contributed by atoms with van der Waals surface area (Å²) in [4.78, 5) is 11.6. The summed E-state index contributed by atoms with van der Waals surface area (Å²) in [6.45, 7) is 5.51. The number of esters is 1. The van der Waals surface area contributed by atoms with E-state index in [1.54, 1.807) is 20.8 Å². The van der Waals surface area contributed by atoms with E-state index in [1.165, 1.54) is 0 Å². The van der Waals surface area contributed by atoms with Gasteiger partial charge in [-0.15, -0.1) is 0 Å². The van der Waals surface area contributed by atoms with E-state index in [1.807, 2.05) is 30.3 Å². The van der Waals surface area contributed by atoms with E-state index in [0.29, 0.717) is 5.75 Å². The molecular weight excluding hydrogens is 218 g/mol. The summed E-state index contributed by atoms with van der Waals surface area (Å²) in [6, 6.07) is 8.45. The van der Waals surface area contributed by atoms with Gasteiger partial charge >= 0.3 is 5.97 Å². The van der Waals surface area contributed by atoms with Gasteiger partial charge in [-0.05, 0) is 32.9 Å². The van der Waals surface area contributed by atoms with Crippen molar-refractivity contribution >= 4 is 5.97 Å². The van der Waals surface area contributed by atoms with E-state index in [-0.39, 0.29) is 6.61 Å². The van der Waals surface area contributed by atoms with E-state index in [4.69, 9.17) is 15.2 Å². The molecule has 0 saturated heterocycles. The van der Waals surface area contributed by atoms with Gasteiger partial charge in [0.1, 0.15) is 24.0 Å². The second-order valence-corrected chi connectivity index (χ2v) is 4.76. The zero-order valence-electron chi connectivity index (χ0n) is 10.5. The van der Waals surface area contributed by atoms with Crippen molar-refractivity contribution in [3.05, 3.63) is 30.3 Å². The van der Waals surface area contributed by atoms with Gasteiger partial charge in [0.05, 0.1) is 0 Å². The van der Waals surface area contributed by atoms with Crippen LogP contribution in [-0.2, 0) is 9.53 Å². The van der Waals surface area contributed by atoms with Crippen LogP contribution in [0.2, 0.25) is 0 Å². The highest BCUT2D eigenvalue weighted by molar-refractivity contribution is 5.76. The summed E-state index contributed by atoms with van der Waals surface area (Å²) in [6.07, 6.45) is 0. The minimum absolute atomic E-state index is 0.110. The van der Waals surface area contributed by atoms with Crippen molar-refractivity contribution in [2.75, 3.05) is 6.61 Å². The summed E-state index contributed by atoms with van der Waals surface area (Å²) in [5.74, 6) is 0.236. The van der Waals surface area contributed by atoms with Crippen molar-refractivity contribution in [2.24, 2.45) is 5.73 Å². The Kier molecular flexibility index (Phi) is 4.52. The zero-order chi connectivity index (χ0) is 12.9. The number of carbonyl (C=O) groups is 1. The number of carbonyl (C=O) groups excluding carboxylic acids is 1. The zero-order valence-corrected chi connectivity index (χ0v) is 10.5. The molecule has 4 nitrogen and oxygen atoms in total. The molecule has 0 fully saturated rings. The van der Waals surface area contributed by atoms with Crippen LogP contribution in [0.15, 0.2) is 30.3 Å². The van der Waals surface area contributed by atoms with Crippen molar-refractivity contribution in [2.45, 2.75) is 32.4 Å². The third kappa shape index (κ3) is 5.36. The van der Waals surface area contributed by atoms with Crippen LogP contribution < -0.4 is 10.5 Å². The number of benzene rings is 1. The van der Waals surface area contributed by atoms with Gasteiger partial charge in [-0.1, -0.05) is 18.2 Å². The van der Waals surface area contributed by atoms with Crippen molar-refractivity contribution in [3.8, 4) is 5.75 Å². The average Bonchev–Trinajstić information content (AvgIpc) is 2.25. The molecule has 0 saturated carbocycles. The fourth-order valence-corrected chi connectivity index (χ4v) is 1.15. The van der Waals surface area contributed by atoms with Crippen LogP contribution in [0, 0.1) is 0 Å². The van der Waals surface area contributed by atoms with Crippen LogP contribution >= 0.6 is 0 Å². The molecular formula is C13H19NO3. The van der Waals surface area contributed by atoms with Gasteiger partial charge in [0.2, 0.25) is 0 Å². The van der Waals surface area contributed by atoms with Gasteiger partial charge in [-0.25, -0.2) is 0 Å². The second-order valence-electron chi connectivity index (χ2n) is 4.76. The third-order valence-electron chi connectivity index (χ3n) is 1.88. The molecule has 1 unspecified atom stereocenters. The lowest BCUT2D eigenvalue weighted by Crippen LogP contribution is -2.41. The molecule has 0 aliphatic rings. The Hall–Kier alpha value is -1.55. The summed E-state index contributed by atoms with van der Waals surface area (Å²) >= 11 is 0. The minimum atomic E-state index is -0.769. The molecule has 94 valence electrons. The molecule has 0 aromatic heterocycles. The Bertz CT molecular complexity index is 357. The Morgan fingerprint density at radius 3 is 2.41 bits per heavy atom. The monoisotopic (exact) mass is 237 g/mol. The predicted molar refractivity (Wildman–Crippen MR) is 65.8 cm³/mol. The standard InChI is InChI=1S/C13H19NO3/c1-13(2,3)17-12(15)11(14)9-16-10-7-5-4-6-8-10/h4-8,11H,9,14H2,1-3H3. The number of rotatable bonds is 4. The van der Waals surface area contributed by atoms with Gasteiger partial charge in [-0.3, -0.25) is 4.79 Å². The quantitative estimate of drug-likeness (QED) is 0.810. The third-order valence-corrected chi connectivity index (χ3v) is 1.88. The molecule has 0 bridgehead atoms.